The van der Waals surface area contributed by atoms with E-state index in [1.54, 1.807) is 6.07 Å². The number of hydrogen-bond donors (Lipinski definition) is 1. The summed E-state index contributed by atoms with van der Waals surface area (Å²) in [6, 6.07) is 5.38. The van der Waals surface area contributed by atoms with E-state index >= 15 is 0 Å². The monoisotopic (exact) mass is 325 g/mol. The van der Waals surface area contributed by atoms with Crippen molar-refractivity contribution in [3.8, 4) is 0 Å². The quantitative estimate of drug-likeness (QED) is 0.938. The maximum absolute atomic E-state index is 11.9. The molecule has 0 bridgehead atoms. The number of ether oxygens (including phenoxy) is 1. The lowest BCUT2D eigenvalue weighted by Gasteiger charge is -2.11. The van der Waals surface area contributed by atoms with Crippen molar-refractivity contribution in [2.45, 2.75) is 6.42 Å². The van der Waals surface area contributed by atoms with Crippen LogP contribution in [0.25, 0.3) is 10.2 Å². The van der Waals surface area contributed by atoms with E-state index in [4.69, 9.17) is 16.3 Å². The summed E-state index contributed by atoms with van der Waals surface area (Å²) in [5.41, 5.74) is 0.794. The van der Waals surface area contributed by atoms with E-state index in [-0.39, 0.29) is 18.4 Å². The zero-order chi connectivity index (χ0) is 14.8. The summed E-state index contributed by atoms with van der Waals surface area (Å²) in [4.78, 5) is 28.9. The molecule has 2 heterocycles. The zero-order valence-corrected chi connectivity index (χ0v) is 12.5. The van der Waals surface area contributed by atoms with Crippen LogP contribution in [-0.4, -0.2) is 41.6 Å². The lowest BCUT2D eigenvalue weighted by Crippen LogP contribution is -2.28. The van der Waals surface area contributed by atoms with Crippen LogP contribution in [0.1, 0.15) is 6.42 Å². The second kappa shape index (κ2) is 5.87. The van der Waals surface area contributed by atoms with Gasteiger partial charge in [-0.3, -0.25) is 4.79 Å². The molecule has 8 heteroatoms. The highest BCUT2D eigenvalue weighted by molar-refractivity contribution is 7.22. The van der Waals surface area contributed by atoms with Crippen LogP contribution in [0.15, 0.2) is 18.2 Å². The summed E-state index contributed by atoms with van der Waals surface area (Å²) < 4.78 is 5.72. The Balaban J connectivity index is 1.59. The first kappa shape index (κ1) is 14.1. The van der Waals surface area contributed by atoms with Crippen LogP contribution in [0.5, 0.6) is 0 Å². The SMILES string of the molecule is O=C(CCN1CCOC1=O)Nc1nc2ccc(Cl)cc2s1. The fourth-order valence-corrected chi connectivity index (χ4v) is 3.16. The minimum absolute atomic E-state index is 0.181. The predicted octanol–water partition coefficient (Wildman–Crippen LogP) is 2.73. The first-order valence-corrected chi connectivity index (χ1v) is 7.59. The van der Waals surface area contributed by atoms with Gasteiger partial charge in [-0.05, 0) is 18.2 Å². The number of fused-ring (bicyclic) bond motifs is 1. The molecule has 2 amide bonds. The minimum atomic E-state index is -0.363. The van der Waals surface area contributed by atoms with Gasteiger partial charge in [0.2, 0.25) is 5.91 Å². The maximum Gasteiger partial charge on any atom is 0.409 e. The fraction of sp³-hybridized carbons (Fsp3) is 0.308. The number of carbonyl (C=O) groups is 2. The van der Waals surface area contributed by atoms with Crippen molar-refractivity contribution in [3.05, 3.63) is 23.2 Å². The van der Waals surface area contributed by atoms with Crippen molar-refractivity contribution in [2.75, 3.05) is 25.0 Å². The van der Waals surface area contributed by atoms with E-state index in [1.165, 1.54) is 16.2 Å². The molecular weight excluding hydrogens is 314 g/mol. The molecule has 1 aliphatic heterocycles. The molecule has 6 nitrogen and oxygen atoms in total. The maximum atomic E-state index is 11.9. The van der Waals surface area contributed by atoms with E-state index < -0.39 is 0 Å². The average Bonchev–Trinajstić information content (AvgIpc) is 3.01. The number of aromatic nitrogens is 1. The van der Waals surface area contributed by atoms with Crippen molar-refractivity contribution in [3.63, 3.8) is 0 Å². The Labute approximate surface area is 129 Å². The van der Waals surface area contributed by atoms with E-state index in [0.29, 0.717) is 29.9 Å². The number of hydrogen-bond acceptors (Lipinski definition) is 5. The molecule has 0 unspecified atom stereocenters. The number of amides is 2. The van der Waals surface area contributed by atoms with Gasteiger partial charge >= 0.3 is 6.09 Å². The second-order valence-electron chi connectivity index (χ2n) is 4.53. The highest BCUT2D eigenvalue weighted by atomic mass is 35.5. The molecule has 1 N–H and O–H groups in total. The summed E-state index contributed by atoms with van der Waals surface area (Å²) in [6.45, 7) is 1.27. The normalized spacial score (nSPS) is 14.5. The number of thiazole rings is 1. The summed E-state index contributed by atoms with van der Waals surface area (Å²) in [6.07, 6.45) is -0.149. The number of carbonyl (C=O) groups excluding carboxylic acids is 2. The van der Waals surface area contributed by atoms with E-state index in [1.807, 2.05) is 12.1 Å². The number of rotatable bonds is 4. The molecule has 0 radical (unpaired) electrons. The van der Waals surface area contributed by atoms with Crippen LogP contribution in [0, 0.1) is 0 Å². The lowest BCUT2D eigenvalue weighted by atomic mass is 10.3. The zero-order valence-electron chi connectivity index (χ0n) is 11.0. The minimum Gasteiger partial charge on any atom is -0.448 e. The van der Waals surface area contributed by atoms with Crippen LogP contribution in [0.3, 0.4) is 0 Å². The number of cyclic esters (lactones) is 1. The average molecular weight is 326 g/mol. The van der Waals surface area contributed by atoms with Gasteiger partial charge in [-0.1, -0.05) is 22.9 Å². The summed E-state index contributed by atoms with van der Waals surface area (Å²) in [5, 5.41) is 3.90. The predicted molar refractivity (Wildman–Crippen MR) is 80.8 cm³/mol. The summed E-state index contributed by atoms with van der Waals surface area (Å²) in [7, 11) is 0. The van der Waals surface area contributed by atoms with Gasteiger partial charge < -0.3 is 15.0 Å². The van der Waals surface area contributed by atoms with Gasteiger partial charge in [-0.25, -0.2) is 9.78 Å². The Morgan fingerprint density at radius 1 is 1.52 bits per heavy atom. The van der Waals surface area contributed by atoms with Gasteiger partial charge in [0.1, 0.15) is 6.61 Å². The topological polar surface area (TPSA) is 71.5 Å². The van der Waals surface area contributed by atoms with Crippen molar-refractivity contribution in [2.24, 2.45) is 0 Å². The molecule has 3 rings (SSSR count). The highest BCUT2D eigenvalue weighted by Crippen LogP contribution is 2.28. The van der Waals surface area contributed by atoms with Crippen LogP contribution in [-0.2, 0) is 9.53 Å². The standard InChI is InChI=1S/C13H12ClN3O3S/c14-8-1-2-9-10(7-8)21-12(15-9)16-11(18)3-4-17-5-6-20-13(17)19/h1-2,7H,3-6H2,(H,15,16,18). The Morgan fingerprint density at radius 3 is 3.14 bits per heavy atom. The first-order valence-electron chi connectivity index (χ1n) is 6.39. The molecular formula is C13H12ClN3O3S. The number of benzene rings is 1. The van der Waals surface area contributed by atoms with Gasteiger partial charge in [0.05, 0.1) is 16.8 Å². The molecule has 1 aliphatic rings. The molecule has 0 atom stereocenters. The second-order valence-corrected chi connectivity index (χ2v) is 6.00. The Hall–Kier alpha value is -1.86. The molecule has 0 saturated carbocycles. The van der Waals surface area contributed by atoms with Crippen molar-refractivity contribution in [1.29, 1.82) is 0 Å². The van der Waals surface area contributed by atoms with E-state index in [9.17, 15) is 9.59 Å². The highest BCUT2D eigenvalue weighted by Gasteiger charge is 2.22. The molecule has 1 saturated heterocycles. The van der Waals surface area contributed by atoms with Crippen LogP contribution in [0.2, 0.25) is 5.02 Å². The van der Waals surface area contributed by atoms with E-state index in [0.717, 1.165) is 10.2 Å². The van der Waals surface area contributed by atoms with Gasteiger partial charge in [0.15, 0.2) is 5.13 Å². The summed E-state index contributed by atoms with van der Waals surface area (Å²) >= 11 is 7.28. The lowest BCUT2D eigenvalue weighted by molar-refractivity contribution is -0.116. The Bertz CT molecular complexity index is 703. The number of anilines is 1. The number of nitrogens with one attached hydrogen (secondary N) is 1. The van der Waals surface area contributed by atoms with Crippen molar-refractivity contribution in [1.82, 2.24) is 9.88 Å². The third-order valence-corrected chi connectivity index (χ3v) is 4.22. The third-order valence-electron chi connectivity index (χ3n) is 3.05. The fourth-order valence-electron chi connectivity index (χ4n) is 2.00. The molecule has 0 aliphatic carbocycles. The molecule has 0 spiro atoms. The number of nitrogens with zero attached hydrogens (tertiary/aromatic N) is 2. The molecule has 2 aromatic rings. The van der Waals surface area contributed by atoms with Gasteiger partial charge in [-0.2, -0.15) is 0 Å². The van der Waals surface area contributed by atoms with Crippen LogP contribution < -0.4 is 5.32 Å². The van der Waals surface area contributed by atoms with Crippen molar-refractivity contribution < 1.29 is 14.3 Å². The Kier molecular flexibility index (Phi) is 3.94. The smallest absolute Gasteiger partial charge is 0.409 e. The third kappa shape index (κ3) is 3.25. The first-order chi connectivity index (χ1) is 10.1. The van der Waals surface area contributed by atoms with Crippen LogP contribution >= 0.6 is 22.9 Å². The van der Waals surface area contributed by atoms with E-state index in [2.05, 4.69) is 10.3 Å². The van der Waals surface area contributed by atoms with Gasteiger partial charge in [0.25, 0.3) is 0 Å². The summed E-state index contributed by atoms with van der Waals surface area (Å²) in [5.74, 6) is -0.181. The molecule has 21 heavy (non-hydrogen) atoms. The largest absolute Gasteiger partial charge is 0.448 e. The molecule has 110 valence electrons. The number of halogens is 1. The molecule has 1 aromatic carbocycles. The molecule has 1 aromatic heterocycles. The van der Waals surface area contributed by atoms with Crippen LogP contribution in [0.4, 0.5) is 9.93 Å². The van der Waals surface area contributed by atoms with Crippen molar-refractivity contribution >= 4 is 50.3 Å². The van der Waals surface area contributed by atoms with Gasteiger partial charge in [-0.15, -0.1) is 0 Å². The van der Waals surface area contributed by atoms with Gasteiger partial charge in [0, 0.05) is 18.0 Å². The molecule has 1 fully saturated rings. The Morgan fingerprint density at radius 2 is 2.38 bits per heavy atom.